The molecule has 0 spiro atoms. The molecular formula is C19H22N4O3S. The number of aromatic hydroxyl groups is 1. The highest BCUT2D eigenvalue weighted by Crippen LogP contribution is 2.39. The van der Waals surface area contributed by atoms with Gasteiger partial charge >= 0.3 is 0 Å². The third kappa shape index (κ3) is 3.40. The minimum Gasteiger partial charge on any atom is -0.508 e. The van der Waals surface area contributed by atoms with Crippen LogP contribution in [-0.2, 0) is 4.79 Å². The van der Waals surface area contributed by atoms with Gasteiger partial charge in [-0.25, -0.2) is 4.98 Å². The van der Waals surface area contributed by atoms with E-state index in [0.29, 0.717) is 27.9 Å². The lowest BCUT2D eigenvalue weighted by atomic mass is 9.95. The van der Waals surface area contributed by atoms with E-state index in [1.807, 2.05) is 17.2 Å². The molecule has 1 aromatic heterocycles. The molecule has 7 nitrogen and oxygen atoms in total. The van der Waals surface area contributed by atoms with Gasteiger partial charge in [-0.15, -0.1) is 0 Å². The quantitative estimate of drug-likeness (QED) is 0.612. The number of phenols is 1. The zero-order chi connectivity index (χ0) is 19.0. The number of fused-ring (bicyclic) bond motifs is 1. The summed E-state index contributed by atoms with van der Waals surface area (Å²) in [5.74, 6) is 0.301. The summed E-state index contributed by atoms with van der Waals surface area (Å²) in [7, 11) is 0. The van der Waals surface area contributed by atoms with Gasteiger partial charge in [-0.05, 0) is 31.2 Å². The van der Waals surface area contributed by atoms with Crippen molar-refractivity contribution in [2.75, 3.05) is 19.3 Å². The Labute approximate surface area is 161 Å². The van der Waals surface area contributed by atoms with Crippen molar-refractivity contribution in [3.05, 3.63) is 29.8 Å². The van der Waals surface area contributed by atoms with Crippen LogP contribution in [-0.4, -0.2) is 51.3 Å². The highest BCUT2D eigenvalue weighted by atomic mass is 32.2. The van der Waals surface area contributed by atoms with E-state index in [-0.39, 0.29) is 11.5 Å². The van der Waals surface area contributed by atoms with Gasteiger partial charge < -0.3 is 15.6 Å². The Hall–Kier alpha value is -2.16. The van der Waals surface area contributed by atoms with Crippen molar-refractivity contribution in [1.82, 2.24) is 14.9 Å². The topological polar surface area (TPSA) is 102 Å². The average molecular weight is 386 g/mol. The predicted molar refractivity (Wildman–Crippen MR) is 103 cm³/mol. The SMILES string of the molecule is CSc1nc2c(c(-c3cccc(O)c3)n1)C(N)C(=O)C(N1CCCCC1)O2. The number of hydrogen-bond donors (Lipinski definition) is 2. The van der Waals surface area contributed by atoms with Gasteiger partial charge in [-0.1, -0.05) is 30.3 Å². The number of likely N-dealkylation sites (tertiary alicyclic amines) is 1. The van der Waals surface area contributed by atoms with Gasteiger partial charge in [-0.2, -0.15) is 4.98 Å². The van der Waals surface area contributed by atoms with Crippen LogP contribution in [0.5, 0.6) is 11.6 Å². The highest BCUT2D eigenvalue weighted by molar-refractivity contribution is 7.98. The number of rotatable bonds is 3. The lowest BCUT2D eigenvalue weighted by Gasteiger charge is -2.37. The number of aromatic nitrogens is 2. The third-order valence-corrected chi connectivity index (χ3v) is 5.55. The molecule has 3 N–H and O–H groups in total. The number of hydrogen-bond acceptors (Lipinski definition) is 8. The lowest BCUT2D eigenvalue weighted by Crippen LogP contribution is -2.53. The fourth-order valence-corrected chi connectivity index (χ4v) is 3.99. The van der Waals surface area contributed by atoms with Crippen LogP contribution in [0.3, 0.4) is 0 Å². The maximum atomic E-state index is 13.0. The number of carbonyl (C=O) groups excluding carboxylic acids is 1. The maximum absolute atomic E-state index is 13.0. The van der Waals surface area contributed by atoms with Crippen LogP contribution in [0.15, 0.2) is 29.4 Å². The number of phenolic OH excluding ortho intramolecular Hbond substituents is 1. The number of piperidine rings is 1. The Morgan fingerprint density at radius 3 is 2.74 bits per heavy atom. The summed E-state index contributed by atoms with van der Waals surface area (Å²) in [6.07, 6.45) is 4.44. The molecule has 2 atom stereocenters. The Bertz CT molecular complexity index is 870. The van der Waals surface area contributed by atoms with Gasteiger partial charge in [0.05, 0.1) is 11.3 Å². The second-order valence-electron chi connectivity index (χ2n) is 6.77. The largest absolute Gasteiger partial charge is 0.508 e. The lowest BCUT2D eigenvalue weighted by molar-refractivity contribution is -0.139. The van der Waals surface area contributed by atoms with Crippen molar-refractivity contribution in [3.8, 4) is 22.9 Å². The molecule has 4 rings (SSSR count). The molecule has 1 aromatic carbocycles. The van der Waals surface area contributed by atoms with E-state index in [2.05, 4.69) is 9.97 Å². The molecule has 2 aliphatic heterocycles. The van der Waals surface area contributed by atoms with E-state index in [4.69, 9.17) is 10.5 Å². The average Bonchev–Trinajstić information content (AvgIpc) is 2.70. The van der Waals surface area contributed by atoms with Gasteiger partial charge in [0.2, 0.25) is 17.9 Å². The minimum atomic E-state index is -0.867. The molecule has 0 bridgehead atoms. The van der Waals surface area contributed by atoms with Crippen LogP contribution in [0.25, 0.3) is 11.3 Å². The molecular weight excluding hydrogens is 364 g/mol. The molecule has 142 valence electrons. The smallest absolute Gasteiger partial charge is 0.225 e. The molecule has 2 aliphatic rings. The van der Waals surface area contributed by atoms with Crippen molar-refractivity contribution < 1.29 is 14.6 Å². The number of ether oxygens (including phenoxy) is 1. The van der Waals surface area contributed by atoms with Crippen LogP contribution < -0.4 is 10.5 Å². The van der Waals surface area contributed by atoms with E-state index in [1.165, 1.54) is 18.2 Å². The summed E-state index contributed by atoms with van der Waals surface area (Å²) in [5, 5.41) is 10.4. The first-order valence-corrected chi connectivity index (χ1v) is 10.3. The second kappa shape index (κ2) is 7.46. The number of nitrogens with zero attached hydrogens (tertiary/aromatic N) is 3. The Balaban J connectivity index is 1.80. The van der Waals surface area contributed by atoms with Crippen LogP contribution in [0.2, 0.25) is 0 Å². The van der Waals surface area contributed by atoms with Crippen LogP contribution in [0.1, 0.15) is 30.9 Å². The van der Waals surface area contributed by atoms with Gasteiger partial charge in [-0.3, -0.25) is 9.69 Å². The summed E-state index contributed by atoms with van der Waals surface area (Å²) in [5.41, 5.74) is 8.03. The minimum absolute atomic E-state index is 0.119. The number of thioether (sulfide) groups is 1. The fraction of sp³-hybridized carbons (Fsp3) is 0.421. The Morgan fingerprint density at radius 2 is 2.04 bits per heavy atom. The molecule has 8 heteroatoms. The van der Waals surface area contributed by atoms with E-state index in [0.717, 1.165) is 25.9 Å². The van der Waals surface area contributed by atoms with Gasteiger partial charge in [0.1, 0.15) is 11.8 Å². The van der Waals surface area contributed by atoms with Crippen LogP contribution in [0.4, 0.5) is 0 Å². The number of nitrogens with two attached hydrogens (primary N) is 1. The highest BCUT2D eigenvalue weighted by Gasteiger charge is 2.41. The molecule has 0 aliphatic carbocycles. The van der Waals surface area contributed by atoms with Crippen molar-refractivity contribution in [3.63, 3.8) is 0 Å². The molecule has 1 fully saturated rings. The Morgan fingerprint density at radius 1 is 1.26 bits per heavy atom. The molecule has 2 unspecified atom stereocenters. The standard InChI is InChI=1S/C19H22N4O3S/c1-27-19-21-15(11-6-5-7-12(24)10-11)13-14(20)16(25)18(26-17(13)22-19)23-8-3-2-4-9-23/h5-7,10,14,18,24H,2-4,8-9,20H2,1H3. The number of carbonyl (C=O) groups is 1. The molecule has 0 amide bonds. The van der Waals surface area contributed by atoms with Crippen molar-refractivity contribution >= 4 is 17.5 Å². The predicted octanol–water partition coefficient (Wildman–Crippen LogP) is 2.34. The molecule has 27 heavy (non-hydrogen) atoms. The van der Waals surface area contributed by atoms with Gasteiger partial charge in [0.25, 0.3) is 0 Å². The normalized spacial score (nSPS) is 23.0. The summed E-state index contributed by atoms with van der Waals surface area (Å²) in [6.45, 7) is 1.64. The zero-order valence-corrected chi connectivity index (χ0v) is 15.9. The summed E-state index contributed by atoms with van der Waals surface area (Å²) in [4.78, 5) is 24.1. The molecule has 0 radical (unpaired) electrons. The van der Waals surface area contributed by atoms with Crippen molar-refractivity contribution in [2.45, 2.75) is 36.7 Å². The zero-order valence-electron chi connectivity index (χ0n) is 15.1. The van der Waals surface area contributed by atoms with E-state index < -0.39 is 12.3 Å². The first-order valence-electron chi connectivity index (χ1n) is 9.04. The number of benzene rings is 1. The van der Waals surface area contributed by atoms with Crippen LogP contribution in [0, 0.1) is 0 Å². The van der Waals surface area contributed by atoms with E-state index in [1.54, 1.807) is 18.2 Å². The van der Waals surface area contributed by atoms with Gasteiger partial charge in [0.15, 0.2) is 5.16 Å². The van der Waals surface area contributed by atoms with Crippen molar-refractivity contribution in [1.29, 1.82) is 0 Å². The third-order valence-electron chi connectivity index (χ3n) is 5.00. The molecule has 1 saturated heterocycles. The summed E-state index contributed by atoms with van der Waals surface area (Å²) >= 11 is 1.39. The number of ketones is 1. The van der Waals surface area contributed by atoms with Gasteiger partial charge in [0, 0.05) is 18.7 Å². The summed E-state index contributed by atoms with van der Waals surface area (Å²) in [6, 6.07) is 5.86. The second-order valence-corrected chi connectivity index (χ2v) is 7.55. The van der Waals surface area contributed by atoms with E-state index in [9.17, 15) is 9.90 Å². The van der Waals surface area contributed by atoms with Crippen LogP contribution >= 0.6 is 11.8 Å². The Kier molecular flexibility index (Phi) is 5.03. The maximum Gasteiger partial charge on any atom is 0.225 e. The number of Topliss-reactive ketones (excluding diaryl/α,β-unsaturated/α-hetero) is 1. The fourth-order valence-electron chi connectivity index (χ4n) is 3.63. The molecule has 3 heterocycles. The van der Waals surface area contributed by atoms with Crippen molar-refractivity contribution in [2.24, 2.45) is 5.73 Å². The summed E-state index contributed by atoms with van der Waals surface area (Å²) < 4.78 is 6.06. The van der Waals surface area contributed by atoms with E-state index >= 15 is 0 Å². The molecule has 0 saturated carbocycles. The molecule has 2 aromatic rings. The first kappa shape index (κ1) is 18.2. The monoisotopic (exact) mass is 386 g/mol. The first-order chi connectivity index (χ1) is 13.1.